The molecule has 1 aromatic heterocycles. The SMILES string of the molecule is Cc1nn(CC(=O)NC2CCCC(C)C2)c(C)c1N. The van der Waals surface area contributed by atoms with Crippen LogP contribution in [0.3, 0.4) is 0 Å². The number of nitrogens with two attached hydrogens (primary N) is 1. The van der Waals surface area contributed by atoms with Gasteiger partial charge in [-0.2, -0.15) is 5.10 Å². The second-order valence-corrected chi connectivity index (χ2v) is 5.78. The van der Waals surface area contributed by atoms with Gasteiger partial charge in [-0.25, -0.2) is 0 Å². The zero-order chi connectivity index (χ0) is 14.0. The predicted molar refractivity (Wildman–Crippen MR) is 75.7 cm³/mol. The smallest absolute Gasteiger partial charge is 0.241 e. The molecule has 0 radical (unpaired) electrons. The summed E-state index contributed by atoms with van der Waals surface area (Å²) < 4.78 is 1.69. The van der Waals surface area contributed by atoms with Gasteiger partial charge >= 0.3 is 0 Å². The number of aromatic nitrogens is 2. The normalized spacial score (nSPS) is 23.3. The van der Waals surface area contributed by atoms with Crippen LogP contribution in [0.4, 0.5) is 5.69 Å². The molecule has 2 unspecified atom stereocenters. The van der Waals surface area contributed by atoms with E-state index < -0.39 is 0 Å². The van der Waals surface area contributed by atoms with Crippen LogP contribution >= 0.6 is 0 Å². The summed E-state index contributed by atoms with van der Waals surface area (Å²) in [5.41, 5.74) is 8.20. The first-order valence-electron chi connectivity index (χ1n) is 7.06. The summed E-state index contributed by atoms with van der Waals surface area (Å²) in [6.45, 7) is 6.26. The van der Waals surface area contributed by atoms with E-state index in [0.29, 0.717) is 17.6 Å². The minimum atomic E-state index is 0.0321. The Labute approximate surface area is 114 Å². The summed E-state index contributed by atoms with van der Waals surface area (Å²) in [7, 11) is 0. The molecule has 2 rings (SSSR count). The number of carbonyl (C=O) groups excluding carboxylic acids is 1. The minimum absolute atomic E-state index is 0.0321. The second kappa shape index (κ2) is 5.63. The predicted octanol–water partition coefficient (Wildman–Crippen LogP) is 1.78. The molecule has 5 heteroatoms. The van der Waals surface area contributed by atoms with Gasteiger partial charge in [0.15, 0.2) is 0 Å². The summed E-state index contributed by atoms with van der Waals surface area (Å²) in [5.74, 6) is 0.744. The average Bonchev–Trinajstić information content (AvgIpc) is 2.57. The quantitative estimate of drug-likeness (QED) is 0.874. The molecule has 1 aliphatic rings. The number of anilines is 1. The third-order valence-corrected chi connectivity index (χ3v) is 4.03. The summed E-state index contributed by atoms with van der Waals surface area (Å²) in [4.78, 5) is 12.0. The van der Waals surface area contributed by atoms with Crippen LogP contribution in [0, 0.1) is 19.8 Å². The highest BCUT2D eigenvalue weighted by molar-refractivity contribution is 5.76. The van der Waals surface area contributed by atoms with Gasteiger partial charge in [-0.3, -0.25) is 9.48 Å². The molecule has 19 heavy (non-hydrogen) atoms. The standard InChI is InChI=1S/C14H24N4O/c1-9-5-4-6-12(7-9)16-13(19)8-18-11(3)14(15)10(2)17-18/h9,12H,4-8,15H2,1-3H3,(H,16,19). The Hall–Kier alpha value is -1.52. The highest BCUT2D eigenvalue weighted by atomic mass is 16.2. The van der Waals surface area contributed by atoms with Gasteiger partial charge in [-0.1, -0.05) is 19.8 Å². The molecule has 0 aliphatic heterocycles. The van der Waals surface area contributed by atoms with Crippen molar-refractivity contribution in [1.82, 2.24) is 15.1 Å². The van der Waals surface area contributed by atoms with E-state index in [1.165, 1.54) is 12.8 Å². The fourth-order valence-corrected chi connectivity index (χ4v) is 2.84. The lowest BCUT2D eigenvalue weighted by Crippen LogP contribution is -2.39. The van der Waals surface area contributed by atoms with Crippen molar-refractivity contribution in [2.75, 3.05) is 5.73 Å². The van der Waals surface area contributed by atoms with Crippen molar-refractivity contribution in [1.29, 1.82) is 0 Å². The van der Waals surface area contributed by atoms with Crippen molar-refractivity contribution in [2.45, 2.75) is 59.0 Å². The number of hydrogen-bond acceptors (Lipinski definition) is 3. The number of hydrogen-bond donors (Lipinski definition) is 2. The van der Waals surface area contributed by atoms with Crippen LogP contribution in [0.25, 0.3) is 0 Å². The molecule has 1 fully saturated rings. The molecule has 0 saturated heterocycles. The van der Waals surface area contributed by atoms with Crippen molar-refractivity contribution in [3.8, 4) is 0 Å². The van der Waals surface area contributed by atoms with Gasteiger partial charge in [0.1, 0.15) is 6.54 Å². The molecule has 1 amide bonds. The molecule has 5 nitrogen and oxygen atoms in total. The Bertz CT molecular complexity index is 466. The summed E-state index contributed by atoms with van der Waals surface area (Å²) in [5, 5.41) is 7.40. The van der Waals surface area contributed by atoms with Gasteiger partial charge in [0.2, 0.25) is 5.91 Å². The van der Waals surface area contributed by atoms with E-state index in [-0.39, 0.29) is 12.5 Å². The molecule has 1 heterocycles. The maximum atomic E-state index is 12.0. The van der Waals surface area contributed by atoms with Crippen molar-refractivity contribution in [3.05, 3.63) is 11.4 Å². The van der Waals surface area contributed by atoms with Gasteiger partial charge in [-0.05, 0) is 32.6 Å². The first-order valence-corrected chi connectivity index (χ1v) is 7.06. The third kappa shape index (κ3) is 3.28. The molecule has 1 aliphatic carbocycles. The van der Waals surface area contributed by atoms with Gasteiger partial charge in [0.25, 0.3) is 0 Å². The summed E-state index contributed by atoms with van der Waals surface area (Å²) in [6.07, 6.45) is 4.67. The first kappa shape index (κ1) is 13.9. The topological polar surface area (TPSA) is 72.9 Å². The molecular weight excluding hydrogens is 240 g/mol. The number of nitrogens with one attached hydrogen (secondary N) is 1. The van der Waals surface area contributed by atoms with Gasteiger partial charge in [0.05, 0.1) is 17.1 Å². The van der Waals surface area contributed by atoms with Gasteiger partial charge in [0, 0.05) is 6.04 Å². The molecule has 0 spiro atoms. The Balaban J connectivity index is 1.92. The Morgan fingerprint density at radius 3 is 2.79 bits per heavy atom. The number of rotatable bonds is 3. The highest BCUT2D eigenvalue weighted by Gasteiger charge is 2.21. The zero-order valence-corrected chi connectivity index (χ0v) is 12.1. The van der Waals surface area contributed by atoms with Crippen LogP contribution in [-0.4, -0.2) is 21.7 Å². The monoisotopic (exact) mass is 264 g/mol. The number of carbonyl (C=O) groups is 1. The van der Waals surface area contributed by atoms with Crippen LogP contribution in [0.5, 0.6) is 0 Å². The zero-order valence-electron chi connectivity index (χ0n) is 12.1. The van der Waals surface area contributed by atoms with Crippen molar-refractivity contribution < 1.29 is 4.79 Å². The van der Waals surface area contributed by atoms with E-state index in [0.717, 1.165) is 24.2 Å². The lowest BCUT2D eigenvalue weighted by atomic mass is 9.87. The minimum Gasteiger partial charge on any atom is -0.396 e. The van der Waals surface area contributed by atoms with Crippen LogP contribution in [0.2, 0.25) is 0 Å². The molecular formula is C14H24N4O. The van der Waals surface area contributed by atoms with Crippen LogP contribution in [0.1, 0.15) is 44.0 Å². The highest BCUT2D eigenvalue weighted by Crippen LogP contribution is 2.23. The Kier molecular flexibility index (Phi) is 4.12. The fraction of sp³-hybridized carbons (Fsp3) is 0.714. The average molecular weight is 264 g/mol. The Morgan fingerprint density at radius 1 is 1.47 bits per heavy atom. The van der Waals surface area contributed by atoms with Crippen molar-refractivity contribution in [3.63, 3.8) is 0 Å². The lowest BCUT2D eigenvalue weighted by Gasteiger charge is -2.27. The molecule has 2 atom stereocenters. The molecule has 3 N–H and O–H groups in total. The van der Waals surface area contributed by atoms with E-state index in [9.17, 15) is 4.79 Å². The maximum Gasteiger partial charge on any atom is 0.241 e. The summed E-state index contributed by atoms with van der Waals surface area (Å²) >= 11 is 0. The van der Waals surface area contributed by atoms with E-state index in [1.54, 1.807) is 4.68 Å². The van der Waals surface area contributed by atoms with E-state index >= 15 is 0 Å². The van der Waals surface area contributed by atoms with E-state index in [1.807, 2.05) is 13.8 Å². The largest absolute Gasteiger partial charge is 0.396 e. The van der Waals surface area contributed by atoms with E-state index in [4.69, 9.17) is 5.73 Å². The van der Waals surface area contributed by atoms with Gasteiger partial charge in [-0.15, -0.1) is 0 Å². The van der Waals surface area contributed by atoms with Crippen LogP contribution in [0.15, 0.2) is 0 Å². The van der Waals surface area contributed by atoms with Gasteiger partial charge < -0.3 is 11.1 Å². The Morgan fingerprint density at radius 2 is 2.21 bits per heavy atom. The molecule has 1 saturated carbocycles. The third-order valence-electron chi connectivity index (χ3n) is 4.03. The van der Waals surface area contributed by atoms with Crippen molar-refractivity contribution in [2.24, 2.45) is 5.92 Å². The number of amides is 1. The number of nitrogen functional groups attached to an aromatic ring is 1. The molecule has 1 aromatic rings. The van der Waals surface area contributed by atoms with E-state index in [2.05, 4.69) is 17.3 Å². The van der Waals surface area contributed by atoms with Crippen molar-refractivity contribution >= 4 is 11.6 Å². The molecule has 0 bridgehead atoms. The maximum absolute atomic E-state index is 12.0. The second-order valence-electron chi connectivity index (χ2n) is 5.78. The lowest BCUT2D eigenvalue weighted by molar-refractivity contribution is -0.122. The number of nitrogens with zero attached hydrogens (tertiary/aromatic N) is 2. The molecule has 0 aromatic carbocycles. The van der Waals surface area contributed by atoms with Crippen LogP contribution < -0.4 is 11.1 Å². The number of aryl methyl sites for hydroxylation is 1. The molecule has 106 valence electrons. The van der Waals surface area contributed by atoms with Crippen LogP contribution in [-0.2, 0) is 11.3 Å². The first-order chi connectivity index (χ1) is 8.97. The fourth-order valence-electron chi connectivity index (χ4n) is 2.84. The summed E-state index contributed by atoms with van der Waals surface area (Å²) in [6, 6.07) is 0.325.